The molecule has 0 aliphatic carbocycles. The molecule has 0 saturated carbocycles. The minimum absolute atomic E-state index is 0.273. The Morgan fingerprint density at radius 1 is 0.893 bits per heavy atom. The number of hydrogen-bond acceptors (Lipinski definition) is 2. The van der Waals surface area contributed by atoms with Crippen molar-refractivity contribution < 1.29 is 13.9 Å². The van der Waals surface area contributed by atoms with Crippen LogP contribution in [0.1, 0.15) is 38.8 Å². The first-order chi connectivity index (χ1) is 13.4. The molecular formula is C24H36ClFO2. The highest BCUT2D eigenvalue weighted by Crippen LogP contribution is 2.19. The zero-order valence-electron chi connectivity index (χ0n) is 18.6. The van der Waals surface area contributed by atoms with Crippen LogP contribution in [0.15, 0.2) is 61.7 Å². The Kier molecular flexibility index (Phi) is 22.9. The van der Waals surface area contributed by atoms with Gasteiger partial charge in [0.15, 0.2) is 11.6 Å². The monoisotopic (exact) mass is 410 g/mol. The van der Waals surface area contributed by atoms with Gasteiger partial charge in [-0.3, -0.25) is 0 Å². The molecule has 0 fully saturated rings. The van der Waals surface area contributed by atoms with Gasteiger partial charge in [0.05, 0.1) is 14.2 Å². The fraction of sp³-hybridized carbons (Fsp3) is 0.333. The predicted octanol–water partition coefficient (Wildman–Crippen LogP) is 8.21. The fourth-order valence-electron chi connectivity index (χ4n) is 1.60. The molecule has 2 aromatic carbocycles. The molecule has 4 heteroatoms. The Bertz CT molecular complexity index is 629. The summed E-state index contributed by atoms with van der Waals surface area (Å²) in [6.07, 6.45) is 3.28. The Labute approximate surface area is 176 Å². The van der Waals surface area contributed by atoms with Gasteiger partial charge in [-0.2, -0.15) is 0 Å². The first kappa shape index (κ1) is 30.5. The van der Waals surface area contributed by atoms with E-state index in [4.69, 9.17) is 21.1 Å². The molecule has 0 aliphatic heterocycles. The zero-order chi connectivity index (χ0) is 22.5. The number of halogens is 2. The van der Waals surface area contributed by atoms with E-state index in [1.807, 2.05) is 46.8 Å². The lowest BCUT2D eigenvalue weighted by atomic mass is 10.2. The summed E-state index contributed by atoms with van der Waals surface area (Å²) in [6.45, 7) is 18.4. The Hall–Kier alpha value is -2.26. The quantitative estimate of drug-likeness (QED) is 0.474. The lowest BCUT2D eigenvalue weighted by Gasteiger charge is -2.01. The van der Waals surface area contributed by atoms with Crippen LogP contribution in [0.2, 0.25) is 5.02 Å². The molecule has 158 valence electrons. The first-order valence-corrected chi connectivity index (χ1v) is 9.61. The summed E-state index contributed by atoms with van der Waals surface area (Å²) in [4.78, 5) is 0. The molecule has 0 amide bonds. The number of aryl methyl sites for hydroxylation is 2. The molecule has 0 saturated heterocycles. The van der Waals surface area contributed by atoms with Crippen molar-refractivity contribution in [3.8, 4) is 11.5 Å². The SMILES string of the molecule is C=CC=C.CC.CC.COc1cc(C)cc(Cl)c1.COc1cccc(C)c1F. The van der Waals surface area contributed by atoms with Crippen molar-refractivity contribution in [2.45, 2.75) is 41.5 Å². The molecule has 0 atom stereocenters. The Morgan fingerprint density at radius 3 is 1.79 bits per heavy atom. The van der Waals surface area contributed by atoms with E-state index in [1.165, 1.54) is 7.11 Å². The molecular weight excluding hydrogens is 375 g/mol. The second kappa shape index (κ2) is 21.0. The van der Waals surface area contributed by atoms with Crippen molar-refractivity contribution in [3.63, 3.8) is 0 Å². The van der Waals surface area contributed by atoms with Crippen LogP contribution < -0.4 is 9.47 Å². The van der Waals surface area contributed by atoms with Gasteiger partial charge in [-0.15, -0.1) is 0 Å². The van der Waals surface area contributed by atoms with Gasteiger partial charge in [0.1, 0.15) is 5.75 Å². The molecule has 2 aromatic rings. The molecule has 0 aromatic heterocycles. The summed E-state index contributed by atoms with van der Waals surface area (Å²) in [7, 11) is 3.09. The minimum Gasteiger partial charge on any atom is -0.497 e. The highest BCUT2D eigenvalue weighted by atomic mass is 35.5. The third-order valence-corrected chi connectivity index (χ3v) is 3.01. The van der Waals surface area contributed by atoms with Crippen LogP contribution in [0, 0.1) is 19.7 Å². The van der Waals surface area contributed by atoms with Gasteiger partial charge in [0.2, 0.25) is 0 Å². The molecule has 0 radical (unpaired) electrons. The van der Waals surface area contributed by atoms with E-state index in [-0.39, 0.29) is 5.82 Å². The van der Waals surface area contributed by atoms with Crippen molar-refractivity contribution in [1.82, 2.24) is 0 Å². The van der Waals surface area contributed by atoms with E-state index in [2.05, 4.69) is 13.2 Å². The lowest BCUT2D eigenvalue weighted by molar-refractivity contribution is 0.385. The lowest BCUT2D eigenvalue weighted by Crippen LogP contribution is -1.89. The highest BCUT2D eigenvalue weighted by molar-refractivity contribution is 6.30. The van der Waals surface area contributed by atoms with Gasteiger partial charge in [-0.05, 0) is 49.2 Å². The number of hydrogen-bond donors (Lipinski definition) is 0. The van der Waals surface area contributed by atoms with E-state index in [0.717, 1.165) is 16.3 Å². The van der Waals surface area contributed by atoms with Gasteiger partial charge in [-0.25, -0.2) is 4.39 Å². The number of benzene rings is 2. The first-order valence-electron chi connectivity index (χ1n) is 9.23. The van der Waals surface area contributed by atoms with Crippen LogP contribution in [0.5, 0.6) is 11.5 Å². The maximum absolute atomic E-state index is 12.9. The number of methoxy groups -OCH3 is 2. The van der Waals surface area contributed by atoms with Crippen molar-refractivity contribution >= 4 is 11.6 Å². The zero-order valence-corrected chi connectivity index (χ0v) is 19.4. The van der Waals surface area contributed by atoms with Crippen molar-refractivity contribution in [2.75, 3.05) is 14.2 Å². The van der Waals surface area contributed by atoms with Gasteiger partial charge in [0, 0.05) is 5.02 Å². The molecule has 0 unspecified atom stereocenters. The predicted molar refractivity (Wildman–Crippen MR) is 124 cm³/mol. The standard InChI is InChI=1S/C8H9ClO.C8H9FO.C4H6.2C2H6/c1-6-3-7(9)5-8(4-6)10-2;1-6-4-3-5-7(10-2)8(6)9;1-3-4-2;2*1-2/h2*3-5H,1-2H3;3-4H,1-2H2;2*1-2H3. The van der Waals surface area contributed by atoms with E-state index >= 15 is 0 Å². The third-order valence-electron chi connectivity index (χ3n) is 2.79. The van der Waals surface area contributed by atoms with Crippen LogP contribution in [0.4, 0.5) is 4.39 Å². The molecule has 0 aliphatic rings. The van der Waals surface area contributed by atoms with Crippen molar-refractivity contribution in [2.24, 2.45) is 0 Å². The Morgan fingerprint density at radius 2 is 1.43 bits per heavy atom. The van der Waals surface area contributed by atoms with Gasteiger partial charge in [-0.1, -0.05) is 76.7 Å². The van der Waals surface area contributed by atoms with Crippen LogP contribution in [-0.2, 0) is 0 Å². The number of rotatable bonds is 3. The van der Waals surface area contributed by atoms with Crippen molar-refractivity contribution in [1.29, 1.82) is 0 Å². The highest BCUT2D eigenvalue weighted by Gasteiger charge is 2.02. The molecule has 0 heterocycles. The maximum Gasteiger partial charge on any atom is 0.167 e. The van der Waals surface area contributed by atoms with Gasteiger partial charge >= 0.3 is 0 Å². The summed E-state index contributed by atoms with van der Waals surface area (Å²) >= 11 is 5.75. The van der Waals surface area contributed by atoms with E-state index in [9.17, 15) is 4.39 Å². The molecule has 0 bridgehead atoms. The summed E-state index contributed by atoms with van der Waals surface area (Å²) in [5.74, 6) is 0.843. The fourth-order valence-corrected chi connectivity index (χ4v) is 1.88. The van der Waals surface area contributed by atoms with Crippen molar-refractivity contribution in [3.05, 3.63) is 83.7 Å². The largest absolute Gasteiger partial charge is 0.497 e. The topological polar surface area (TPSA) is 18.5 Å². The van der Waals surface area contributed by atoms with E-state index in [1.54, 1.807) is 50.5 Å². The molecule has 0 spiro atoms. The number of allylic oxidation sites excluding steroid dienone is 2. The van der Waals surface area contributed by atoms with Crippen LogP contribution >= 0.6 is 11.6 Å². The van der Waals surface area contributed by atoms with Gasteiger partial charge in [0.25, 0.3) is 0 Å². The summed E-state index contributed by atoms with van der Waals surface area (Å²) < 4.78 is 22.6. The second-order valence-corrected chi connectivity index (χ2v) is 5.17. The van der Waals surface area contributed by atoms with Crippen LogP contribution in [0.25, 0.3) is 0 Å². The van der Waals surface area contributed by atoms with E-state index < -0.39 is 0 Å². The normalized spacial score (nSPS) is 7.93. The average Bonchev–Trinajstić information content (AvgIpc) is 2.73. The molecule has 0 N–H and O–H groups in total. The summed E-state index contributed by atoms with van der Waals surface area (Å²) in [6, 6.07) is 10.7. The number of ether oxygens (including phenoxy) is 2. The molecule has 28 heavy (non-hydrogen) atoms. The summed E-state index contributed by atoms with van der Waals surface area (Å²) in [5.41, 5.74) is 1.73. The van der Waals surface area contributed by atoms with E-state index in [0.29, 0.717) is 11.3 Å². The smallest absolute Gasteiger partial charge is 0.167 e. The molecule has 2 rings (SSSR count). The second-order valence-electron chi connectivity index (χ2n) is 4.73. The minimum atomic E-state index is -0.273. The van der Waals surface area contributed by atoms with Gasteiger partial charge < -0.3 is 9.47 Å². The molecule has 2 nitrogen and oxygen atoms in total. The maximum atomic E-state index is 12.9. The Balaban J connectivity index is -0.000000328. The van der Waals surface area contributed by atoms with Crippen LogP contribution in [-0.4, -0.2) is 14.2 Å². The summed E-state index contributed by atoms with van der Waals surface area (Å²) in [5, 5.41) is 0.719. The third kappa shape index (κ3) is 14.9. The average molecular weight is 411 g/mol. The van der Waals surface area contributed by atoms with Crippen LogP contribution in [0.3, 0.4) is 0 Å².